The number of benzene rings is 3. The Balaban J connectivity index is 1.35. The minimum atomic E-state index is -0.333. The van der Waals surface area contributed by atoms with Crippen LogP contribution in [0.3, 0.4) is 0 Å². The molecule has 3 aromatic rings. The van der Waals surface area contributed by atoms with E-state index in [4.69, 9.17) is 4.74 Å². The van der Waals surface area contributed by atoms with Crippen LogP contribution in [0, 0.1) is 5.82 Å². The number of nitrogens with zero attached hydrogens (tertiary/aromatic N) is 1. The third kappa shape index (κ3) is 5.03. The van der Waals surface area contributed by atoms with E-state index in [0.29, 0.717) is 18.0 Å². The molecule has 0 aliphatic carbocycles. The van der Waals surface area contributed by atoms with Gasteiger partial charge in [0, 0.05) is 19.7 Å². The molecule has 0 bridgehead atoms. The monoisotopic (exact) mass is 430 g/mol. The van der Waals surface area contributed by atoms with E-state index in [9.17, 15) is 14.0 Å². The summed E-state index contributed by atoms with van der Waals surface area (Å²) in [5.41, 5.74) is 2.89. The minimum Gasteiger partial charge on any atom is -0.457 e. The lowest BCUT2D eigenvalue weighted by atomic mass is 9.93. The van der Waals surface area contributed by atoms with Crippen molar-refractivity contribution in [1.82, 2.24) is 10.2 Å². The summed E-state index contributed by atoms with van der Waals surface area (Å²) in [5, 5.41) is 2.93. The molecule has 0 fully saturated rings. The number of nitrogens with one attached hydrogen (secondary N) is 1. The minimum absolute atomic E-state index is 0.106. The van der Waals surface area contributed by atoms with Gasteiger partial charge in [-0.2, -0.15) is 0 Å². The second kappa shape index (κ2) is 9.47. The highest BCUT2D eigenvalue weighted by molar-refractivity contribution is 5.81. The molecule has 1 heterocycles. The molecule has 1 unspecified atom stereocenters. The molecule has 3 aromatic carbocycles. The largest absolute Gasteiger partial charge is 0.457 e. The van der Waals surface area contributed by atoms with Gasteiger partial charge in [-0.25, -0.2) is 4.39 Å². The zero-order valence-electron chi connectivity index (χ0n) is 17.6. The van der Waals surface area contributed by atoms with E-state index in [-0.39, 0.29) is 30.1 Å². The van der Waals surface area contributed by atoms with Crippen molar-refractivity contribution in [3.63, 3.8) is 0 Å². The fraction of sp³-hybridized carbons (Fsp3) is 0.154. The zero-order valence-corrected chi connectivity index (χ0v) is 17.6. The van der Waals surface area contributed by atoms with E-state index >= 15 is 0 Å². The van der Waals surface area contributed by atoms with E-state index in [0.717, 1.165) is 16.7 Å². The van der Waals surface area contributed by atoms with Crippen LogP contribution >= 0.6 is 0 Å². The molecular formula is C26H23FN2O3. The van der Waals surface area contributed by atoms with Crippen LogP contribution in [0.4, 0.5) is 4.39 Å². The fourth-order valence-electron chi connectivity index (χ4n) is 3.68. The van der Waals surface area contributed by atoms with Gasteiger partial charge in [-0.3, -0.25) is 9.59 Å². The van der Waals surface area contributed by atoms with Gasteiger partial charge in [-0.1, -0.05) is 36.4 Å². The molecule has 0 saturated carbocycles. The van der Waals surface area contributed by atoms with Crippen LogP contribution in [0.25, 0.3) is 6.08 Å². The molecule has 4 rings (SSSR count). The maximum Gasteiger partial charge on any atom is 0.223 e. The van der Waals surface area contributed by atoms with Crippen molar-refractivity contribution in [3.8, 4) is 11.5 Å². The first-order valence-electron chi connectivity index (χ1n) is 10.3. The summed E-state index contributed by atoms with van der Waals surface area (Å²) in [6, 6.07) is 20.6. The summed E-state index contributed by atoms with van der Waals surface area (Å²) in [5.74, 6) is 0.601. The third-order valence-electron chi connectivity index (χ3n) is 5.31. The Morgan fingerprint density at radius 2 is 1.62 bits per heavy atom. The quantitative estimate of drug-likeness (QED) is 0.585. The van der Waals surface area contributed by atoms with Crippen molar-refractivity contribution in [1.29, 1.82) is 0 Å². The van der Waals surface area contributed by atoms with Crippen LogP contribution in [0.2, 0.25) is 0 Å². The van der Waals surface area contributed by atoms with E-state index in [1.54, 1.807) is 35.4 Å². The van der Waals surface area contributed by atoms with E-state index in [1.807, 2.05) is 42.5 Å². The van der Waals surface area contributed by atoms with Gasteiger partial charge < -0.3 is 15.0 Å². The van der Waals surface area contributed by atoms with Gasteiger partial charge in [0.05, 0.1) is 12.5 Å². The molecule has 1 N–H and O–H groups in total. The highest BCUT2D eigenvalue weighted by Gasteiger charge is 2.28. The van der Waals surface area contributed by atoms with Crippen molar-refractivity contribution in [3.05, 3.63) is 102 Å². The van der Waals surface area contributed by atoms with Crippen LogP contribution < -0.4 is 10.1 Å². The van der Waals surface area contributed by atoms with Crippen LogP contribution in [0.5, 0.6) is 11.5 Å². The summed E-state index contributed by atoms with van der Waals surface area (Å²) >= 11 is 0. The van der Waals surface area contributed by atoms with Crippen molar-refractivity contribution >= 4 is 17.9 Å². The van der Waals surface area contributed by atoms with Crippen molar-refractivity contribution in [2.75, 3.05) is 0 Å². The highest BCUT2D eigenvalue weighted by Crippen LogP contribution is 2.32. The predicted octanol–water partition coefficient (Wildman–Crippen LogP) is 5.20. The first-order valence-corrected chi connectivity index (χ1v) is 10.3. The first kappa shape index (κ1) is 21.3. The molecule has 0 saturated heterocycles. The molecule has 0 radical (unpaired) electrons. The molecule has 5 nitrogen and oxygen atoms in total. The molecule has 32 heavy (non-hydrogen) atoms. The Bertz CT molecular complexity index is 1140. The van der Waals surface area contributed by atoms with E-state index in [2.05, 4.69) is 5.32 Å². The number of hydrogen-bond donors (Lipinski definition) is 1. The van der Waals surface area contributed by atoms with Crippen molar-refractivity contribution < 1.29 is 18.7 Å². The number of rotatable bonds is 6. The summed E-state index contributed by atoms with van der Waals surface area (Å²) in [4.78, 5) is 26.3. The first-order chi connectivity index (χ1) is 15.5. The SMILES string of the molecule is CC(=O)N1C=Cc2ccccc2C1CC(=O)NCc1ccc(Oc2ccc(F)cc2)cc1. The Kier molecular flexibility index (Phi) is 6.31. The molecule has 2 amide bonds. The van der Waals surface area contributed by atoms with Gasteiger partial charge in [-0.15, -0.1) is 0 Å². The fourth-order valence-corrected chi connectivity index (χ4v) is 3.68. The summed E-state index contributed by atoms with van der Waals surface area (Å²) < 4.78 is 18.7. The van der Waals surface area contributed by atoms with Gasteiger partial charge in [0.1, 0.15) is 17.3 Å². The maximum atomic E-state index is 13.0. The number of ether oxygens (including phenoxy) is 1. The zero-order chi connectivity index (χ0) is 22.5. The molecule has 1 aliphatic rings. The number of halogens is 1. The Morgan fingerprint density at radius 3 is 2.31 bits per heavy atom. The summed E-state index contributed by atoms with van der Waals surface area (Å²) in [6.07, 6.45) is 3.80. The molecule has 6 heteroatoms. The number of carbonyl (C=O) groups is 2. The molecule has 0 spiro atoms. The third-order valence-corrected chi connectivity index (χ3v) is 5.31. The lowest BCUT2D eigenvalue weighted by Crippen LogP contribution is -2.35. The Hall–Kier alpha value is -3.93. The van der Waals surface area contributed by atoms with Crippen LogP contribution in [-0.2, 0) is 16.1 Å². The lowest BCUT2D eigenvalue weighted by molar-refractivity contribution is -0.130. The topological polar surface area (TPSA) is 58.6 Å². The van der Waals surface area contributed by atoms with Crippen molar-refractivity contribution in [2.45, 2.75) is 25.9 Å². The average molecular weight is 430 g/mol. The normalized spacial score (nSPS) is 14.6. The second-order valence-corrected chi connectivity index (χ2v) is 7.57. The number of fused-ring (bicyclic) bond motifs is 1. The molecule has 162 valence electrons. The van der Waals surface area contributed by atoms with Gasteiger partial charge >= 0.3 is 0 Å². The van der Waals surface area contributed by atoms with Gasteiger partial charge in [-0.05, 0) is 59.2 Å². The second-order valence-electron chi connectivity index (χ2n) is 7.57. The summed E-state index contributed by atoms with van der Waals surface area (Å²) in [7, 11) is 0. The number of carbonyl (C=O) groups excluding carboxylic acids is 2. The Morgan fingerprint density at radius 1 is 0.969 bits per heavy atom. The van der Waals surface area contributed by atoms with Crippen LogP contribution in [-0.4, -0.2) is 16.7 Å². The Labute approximate surface area is 186 Å². The van der Waals surface area contributed by atoms with E-state index in [1.165, 1.54) is 19.1 Å². The van der Waals surface area contributed by atoms with Crippen LogP contribution in [0.1, 0.15) is 36.1 Å². The van der Waals surface area contributed by atoms with Gasteiger partial charge in [0.15, 0.2) is 0 Å². The lowest BCUT2D eigenvalue weighted by Gasteiger charge is -2.32. The molecule has 1 aliphatic heterocycles. The van der Waals surface area contributed by atoms with Gasteiger partial charge in [0.25, 0.3) is 0 Å². The standard InChI is InChI=1S/C26H23FN2O3/c1-18(30)29-15-14-20-4-2-3-5-24(20)25(29)16-26(31)28-17-19-6-10-22(11-7-19)32-23-12-8-21(27)9-13-23/h2-15,25H,16-17H2,1H3,(H,28,31). The predicted molar refractivity (Wildman–Crippen MR) is 120 cm³/mol. The maximum absolute atomic E-state index is 13.0. The van der Waals surface area contributed by atoms with E-state index < -0.39 is 0 Å². The average Bonchev–Trinajstić information content (AvgIpc) is 2.80. The van der Waals surface area contributed by atoms with Gasteiger partial charge in [0.2, 0.25) is 11.8 Å². The summed E-state index contributed by atoms with van der Waals surface area (Å²) in [6.45, 7) is 1.86. The van der Waals surface area contributed by atoms with Crippen molar-refractivity contribution in [2.24, 2.45) is 0 Å². The molecule has 1 atom stereocenters. The smallest absolute Gasteiger partial charge is 0.223 e. The number of amides is 2. The molecule has 0 aromatic heterocycles. The van der Waals surface area contributed by atoms with Crippen LogP contribution in [0.15, 0.2) is 79.0 Å². The highest BCUT2D eigenvalue weighted by atomic mass is 19.1. The molecular weight excluding hydrogens is 407 g/mol. The number of hydrogen-bond acceptors (Lipinski definition) is 3.